The van der Waals surface area contributed by atoms with Gasteiger partial charge in [0.1, 0.15) is 5.82 Å². The molecule has 1 fully saturated rings. The molecule has 0 spiro atoms. The number of benzene rings is 1. The van der Waals surface area contributed by atoms with Crippen LogP contribution in [0.1, 0.15) is 36.0 Å². The largest absolute Gasteiger partial charge is 0.451 e. The zero-order valence-corrected chi connectivity index (χ0v) is 10.4. The predicted molar refractivity (Wildman–Crippen MR) is 64.1 cm³/mol. The first-order valence-corrected chi connectivity index (χ1v) is 6.14. The molecule has 96 valence electrons. The van der Waals surface area contributed by atoms with E-state index in [1.54, 1.807) is 0 Å². The fourth-order valence-electron chi connectivity index (χ4n) is 1.92. The van der Waals surface area contributed by atoms with Crippen molar-refractivity contribution in [1.82, 2.24) is 0 Å². The van der Waals surface area contributed by atoms with Crippen LogP contribution in [0.15, 0.2) is 18.2 Å². The molecule has 0 amide bonds. The molecule has 0 N–H and O–H groups in total. The monoisotopic (exact) mass is 270 g/mol. The zero-order chi connectivity index (χ0) is 13.1. The topological polar surface area (TPSA) is 43.4 Å². The Labute approximate surface area is 109 Å². The summed E-state index contributed by atoms with van der Waals surface area (Å²) in [6.45, 7) is 0. The lowest BCUT2D eigenvalue weighted by Crippen LogP contribution is -2.30. The summed E-state index contributed by atoms with van der Waals surface area (Å²) in [7, 11) is 0. The molecule has 1 aromatic carbocycles. The van der Waals surface area contributed by atoms with Crippen molar-refractivity contribution >= 4 is 23.4 Å². The third-order valence-corrected chi connectivity index (χ3v) is 3.21. The van der Waals surface area contributed by atoms with Crippen LogP contribution >= 0.6 is 11.6 Å². The number of ether oxygens (including phenoxy) is 1. The summed E-state index contributed by atoms with van der Waals surface area (Å²) in [6, 6.07) is 3.43. The van der Waals surface area contributed by atoms with Crippen LogP contribution in [-0.2, 0) is 9.53 Å². The number of carbonyl (C=O) groups is 2. The summed E-state index contributed by atoms with van der Waals surface area (Å²) in [5, 5.41) is -0.0109. The highest BCUT2D eigenvalue weighted by Gasteiger charge is 2.26. The van der Waals surface area contributed by atoms with Gasteiger partial charge in [0.25, 0.3) is 0 Å². The van der Waals surface area contributed by atoms with Gasteiger partial charge in [0.05, 0.1) is 10.6 Å². The Balaban J connectivity index is 2.09. The summed E-state index contributed by atoms with van der Waals surface area (Å²) in [5.41, 5.74) is 0.0800. The molecule has 0 heterocycles. The SMILES string of the molecule is O=C(O[C@H]1CCCCC1=O)c1ccc(F)cc1Cl. The Bertz CT molecular complexity index is 487. The van der Waals surface area contributed by atoms with Gasteiger partial charge >= 0.3 is 5.97 Å². The minimum absolute atomic E-state index is 0.0109. The van der Waals surface area contributed by atoms with E-state index in [4.69, 9.17) is 16.3 Å². The van der Waals surface area contributed by atoms with Gasteiger partial charge in [0.2, 0.25) is 0 Å². The number of Topliss-reactive ketones (excluding diaryl/α,β-unsaturated/α-hetero) is 1. The first-order chi connectivity index (χ1) is 8.58. The van der Waals surface area contributed by atoms with Gasteiger partial charge in [-0.2, -0.15) is 0 Å². The molecule has 1 aromatic rings. The zero-order valence-electron chi connectivity index (χ0n) is 9.62. The summed E-state index contributed by atoms with van der Waals surface area (Å²) < 4.78 is 18.0. The lowest BCUT2D eigenvalue weighted by molar-refractivity contribution is -0.129. The number of hydrogen-bond donors (Lipinski definition) is 0. The van der Waals surface area contributed by atoms with Crippen LogP contribution in [0.5, 0.6) is 0 Å². The minimum atomic E-state index is -0.688. The van der Waals surface area contributed by atoms with E-state index in [1.165, 1.54) is 6.07 Å². The molecule has 0 radical (unpaired) electrons. The van der Waals surface area contributed by atoms with Gasteiger partial charge in [-0.1, -0.05) is 11.6 Å². The Kier molecular flexibility index (Phi) is 3.97. The predicted octanol–water partition coefficient (Wildman–Crippen LogP) is 3.15. The maximum Gasteiger partial charge on any atom is 0.340 e. The van der Waals surface area contributed by atoms with Crippen LogP contribution < -0.4 is 0 Å². The van der Waals surface area contributed by atoms with Crippen molar-refractivity contribution in [2.24, 2.45) is 0 Å². The van der Waals surface area contributed by atoms with Gasteiger partial charge in [-0.05, 0) is 37.5 Å². The van der Waals surface area contributed by atoms with E-state index in [9.17, 15) is 14.0 Å². The normalized spacial score (nSPS) is 19.7. The maximum absolute atomic E-state index is 12.8. The van der Waals surface area contributed by atoms with Gasteiger partial charge in [-0.3, -0.25) is 4.79 Å². The third kappa shape index (κ3) is 2.88. The molecular weight excluding hydrogens is 259 g/mol. The number of ketones is 1. The van der Waals surface area contributed by atoms with Gasteiger partial charge in [0.15, 0.2) is 11.9 Å². The van der Waals surface area contributed by atoms with Crippen molar-refractivity contribution in [3.8, 4) is 0 Å². The van der Waals surface area contributed by atoms with Crippen molar-refractivity contribution in [3.63, 3.8) is 0 Å². The van der Waals surface area contributed by atoms with E-state index >= 15 is 0 Å². The van der Waals surface area contributed by atoms with Crippen molar-refractivity contribution in [2.45, 2.75) is 31.8 Å². The highest BCUT2D eigenvalue weighted by molar-refractivity contribution is 6.33. The average Bonchev–Trinajstić information content (AvgIpc) is 2.32. The van der Waals surface area contributed by atoms with E-state index < -0.39 is 17.9 Å². The van der Waals surface area contributed by atoms with Gasteiger partial charge in [-0.15, -0.1) is 0 Å². The molecular formula is C13H12ClFO3. The molecule has 1 saturated carbocycles. The molecule has 1 aliphatic carbocycles. The van der Waals surface area contributed by atoms with Crippen LogP contribution in [0.2, 0.25) is 5.02 Å². The summed E-state index contributed by atoms with van der Waals surface area (Å²) in [6.07, 6.45) is 2.00. The van der Waals surface area contributed by atoms with Gasteiger partial charge in [0, 0.05) is 6.42 Å². The molecule has 1 atom stereocenters. The standard InChI is InChI=1S/C13H12ClFO3/c14-10-7-8(15)5-6-9(10)13(17)18-12-4-2-1-3-11(12)16/h5-7,12H,1-4H2/t12-/m0/s1. The van der Waals surface area contributed by atoms with E-state index in [2.05, 4.69) is 0 Å². The molecule has 0 saturated heterocycles. The molecule has 3 nitrogen and oxygen atoms in total. The smallest absolute Gasteiger partial charge is 0.340 e. The third-order valence-electron chi connectivity index (χ3n) is 2.90. The second kappa shape index (κ2) is 5.48. The molecule has 5 heteroatoms. The Morgan fingerprint density at radius 2 is 2.17 bits per heavy atom. The summed E-state index contributed by atoms with van der Waals surface area (Å²) in [4.78, 5) is 23.3. The number of rotatable bonds is 2. The average molecular weight is 271 g/mol. The molecule has 0 aliphatic heterocycles. The van der Waals surface area contributed by atoms with Crippen LogP contribution in [0.25, 0.3) is 0 Å². The van der Waals surface area contributed by atoms with Crippen LogP contribution in [-0.4, -0.2) is 17.9 Å². The van der Waals surface area contributed by atoms with Crippen molar-refractivity contribution in [1.29, 1.82) is 0 Å². The highest BCUT2D eigenvalue weighted by atomic mass is 35.5. The van der Waals surface area contributed by atoms with E-state index in [0.717, 1.165) is 25.0 Å². The lowest BCUT2D eigenvalue weighted by atomic mass is 9.96. The molecule has 0 unspecified atom stereocenters. The lowest BCUT2D eigenvalue weighted by Gasteiger charge is -2.20. The van der Waals surface area contributed by atoms with Crippen LogP contribution in [0.4, 0.5) is 4.39 Å². The maximum atomic E-state index is 12.8. The van der Waals surface area contributed by atoms with E-state index in [1.807, 2.05) is 0 Å². The second-order valence-corrected chi connectivity index (χ2v) is 4.64. The van der Waals surface area contributed by atoms with Crippen LogP contribution in [0, 0.1) is 5.82 Å². The Morgan fingerprint density at radius 3 is 2.83 bits per heavy atom. The number of halogens is 2. The number of esters is 1. The fourth-order valence-corrected chi connectivity index (χ4v) is 2.17. The van der Waals surface area contributed by atoms with Crippen LogP contribution in [0.3, 0.4) is 0 Å². The van der Waals surface area contributed by atoms with Crippen molar-refractivity contribution in [2.75, 3.05) is 0 Å². The minimum Gasteiger partial charge on any atom is -0.451 e. The van der Waals surface area contributed by atoms with Crippen molar-refractivity contribution in [3.05, 3.63) is 34.6 Å². The molecule has 0 aromatic heterocycles. The quantitative estimate of drug-likeness (QED) is 0.776. The van der Waals surface area contributed by atoms with Gasteiger partial charge in [-0.25, -0.2) is 9.18 Å². The fraction of sp³-hybridized carbons (Fsp3) is 0.385. The molecule has 2 rings (SSSR count). The first kappa shape index (κ1) is 13.0. The van der Waals surface area contributed by atoms with E-state index in [-0.39, 0.29) is 16.4 Å². The highest BCUT2D eigenvalue weighted by Crippen LogP contribution is 2.22. The molecule has 18 heavy (non-hydrogen) atoms. The first-order valence-electron chi connectivity index (χ1n) is 5.76. The number of carbonyl (C=O) groups excluding carboxylic acids is 2. The second-order valence-electron chi connectivity index (χ2n) is 4.23. The van der Waals surface area contributed by atoms with Crippen molar-refractivity contribution < 1.29 is 18.7 Å². The Hall–Kier alpha value is -1.42. The van der Waals surface area contributed by atoms with Gasteiger partial charge < -0.3 is 4.74 Å². The summed E-state index contributed by atoms with van der Waals surface area (Å²) >= 11 is 5.75. The van der Waals surface area contributed by atoms with E-state index in [0.29, 0.717) is 12.8 Å². The molecule has 0 bridgehead atoms. The molecule has 1 aliphatic rings. The Morgan fingerprint density at radius 1 is 1.39 bits per heavy atom. The number of hydrogen-bond acceptors (Lipinski definition) is 3. The summed E-state index contributed by atoms with van der Waals surface area (Å²) in [5.74, 6) is -1.27.